The van der Waals surface area contributed by atoms with Gasteiger partial charge in [-0.1, -0.05) is 146 Å². The molecular formula is C52H36N4S. The van der Waals surface area contributed by atoms with Crippen molar-refractivity contribution in [3.8, 4) is 27.9 Å². The number of aromatic nitrogens is 1. The Labute approximate surface area is 335 Å². The van der Waals surface area contributed by atoms with Crippen molar-refractivity contribution in [2.24, 2.45) is 9.98 Å². The van der Waals surface area contributed by atoms with E-state index in [4.69, 9.17) is 9.98 Å². The summed E-state index contributed by atoms with van der Waals surface area (Å²) in [6.07, 6.45) is -0.288. The maximum absolute atomic E-state index is 5.36. The van der Waals surface area contributed by atoms with Crippen LogP contribution < -0.4 is 0 Å². The van der Waals surface area contributed by atoms with Crippen LogP contribution in [-0.4, -0.2) is 28.2 Å². The predicted molar refractivity (Wildman–Crippen MR) is 241 cm³/mol. The molecule has 0 N–H and O–H groups in total. The molecule has 0 bridgehead atoms. The fraction of sp³-hybridized carbons (Fsp3) is 0.0385. The van der Waals surface area contributed by atoms with Crippen molar-refractivity contribution >= 4 is 65.0 Å². The number of para-hydroxylation sites is 1. The van der Waals surface area contributed by atoms with E-state index in [1.807, 2.05) is 23.5 Å². The normalized spacial score (nSPS) is 14.4. The Kier molecular flexibility index (Phi) is 7.93. The molecule has 0 aliphatic carbocycles. The second-order valence-electron chi connectivity index (χ2n) is 14.7. The lowest BCUT2D eigenvalue weighted by atomic mass is 10.0. The minimum absolute atomic E-state index is 0.288. The fourth-order valence-electron chi connectivity index (χ4n) is 8.42. The third-order valence-corrected chi connectivity index (χ3v) is 12.4. The van der Waals surface area contributed by atoms with Gasteiger partial charge < -0.3 is 9.47 Å². The fourth-order valence-corrected chi connectivity index (χ4v) is 9.51. The van der Waals surface area contributed by atoms with Gasteiger partial charge >= 0.3 is 0 Å². The lowest BCUT2D eigenvalue weighted by Gasteiger charge is -2.32. The van der Waals surface area contributed by atoms with E-state index in [0.717, 1.165) is 34.0 Å². The molecule has 1 atom stereocenters. The van der Waals surface area contributed by atoms with Gasteiger partial charge in [0.15, 0.2) is 12.0 Å². The Morgan fingerprint density at radius 3 is 1.84 bits per heavy atom. The zero-order valence-electron chi connectivity index (χ0n) is 31.2. The molecule has 1 unspecified atom stereocenters. The summed E-state index contributed by atoms with van der Waals surface area (Å²) < 4.78 is 5.05. The highest BCUT2D eigenvalue weighted by atomic mass is 32.1. The Morgan fingerprint density at radius 1 is 0.439 bits per heavy atom. The molecule has 0 amide bonds. The largest absolute Gasteiger partial charge is 0.333 e. The number of rotatable bonds is 6. The van der Waals surface area contributed by atoms with Crippen molar-refractivity contribution in [3.05, 3.63) is 211 Å². The van der Waals surface area contributed by atoms with Crippen molar-refractivity contribution in [1.82, 2.24) is 9.47 Å². The maximum atomic E-state index is 5.36. The van der Waals surface area contributed by atoms with Crippen molar-refractivity contribution in [1.29, 1.82) is 0 Å². The Balaban J connectivity index is 1.01. The second-order valence-corrected chi connectivity index (χ2v) is 15.8. The van der Waals surface area contributed by atoms with Crippen LogP contribution in [0.1, 0.15) is 22.9 Å². The first-order chi connectivity index (χ1) is 28.2. The van der Waals surface area contributed by atoms with E-state index in [0.29, 0.717) is 0 Å². The average Bonchev–Trinajstić information content (AvgIpc) is 3.82. The van der Waals surface area contributed by atoms with Crippen molar-refractivity contribution < 1.29 is 0 Å². The first-order valence-electron chi connectivity index (χ1n) is 19.3. The van der Waals surface area contributed by atoms with Gasteiger partial charge in [0.05, 0.1) is 11.0 Å². The van der Waals surface area contributed by atoms with Crippen molar-refractivity contribution in [3.63, 3.8) is 0 Å². The average molecular weight is 749 g/mol. The smallest absolute Gasteiger partial charge is 0.159 e. The van der Waals surface area contributed by atoms with Crippen LogP contribution in [-0.2, 0) is 0 Å². The lowest BCUT2D eigenvalue weighted by Crippen LogP contribution is -2.35. The van der Waals surface area contributed by atoms with E-state index < -0.39 is 0 Å². The highest BCUT2D eigenvalue weighted by molar-refractivity contribution is 7.25. The second kappa shape index (κ2) is 13.6. The molecule has 11 rings (SSSR count). The summed E-state index contributed by atoms with van der Waals surface area (Å²) in [7, 11) is 2.10. The van der Waals surface area contributed by atoms with Gasteiger partial charge in [0.2, 0.25) is 0 Å². The number of nitrogens with zero attached hydrogens (tertiary/aromatic N) is 4. The predicted octanol–water partition coefficient (Wildman–Crippen LogP) is 13.3. The Bertz CT molecular complexity index is 3190. The highest BCUT2D eigenvalue weighted by Gasteiger charge is 2.27. The highest BCUT2D eigenvalue weighted by Crippen LogP contribution is 2.39. The third-order valence-electron chi connectivity index (χ3n) is 11.2. The molecule has 5 heteroatoms. The lowest BCUT2D eigenvalue weighted by molar-refractivity contribution is 0.383. The molecule has 10 aromatic rings. The Hall–Kier alpha value is -7.08. The van der Waals surface area contributed by atoms with Gasteiger partial charge in [-0.25, -0.2) is 9.98 Å². The number of hydrogen-bond acceptors (Lipinski definition) is 4. The molecule has 0 spiro atoms. The van der Waals surface area contributed by atoms with Crippen LogP contribution >= 0.6 is 11.3 Å². The standard InChI is InChI=1S/C52H36N4S/c1-55-51(37-15-6-3-7-16-37)53-50(36-25-23-35(24-26-36)34-13-4-2-5-14-34)54-52(55)40-17-12-18-41(31-40)56-46-21-10-8-19-42(46)44-32-38(27-29-47(44)56)39-28-30-49-45(33-39)43-20-9-11-22-48(43)57-49/h2-33,52H,1H3. The molecule has 0 saturated heterocycles. The van der Waals surface area contributed by atoms with E-state index in [-0.39, 0.29) is 6.17 Å². The third kappa shape index (κ3) is 5.74. The van der Waals surface area contributed by atoms with Gasteiger partial charge in [-0.05, 0) is 76.3 Å². The van der Waals surface area contributed by atoms with Crippen molar-refractivity contribution in [2.45, 2.75) is 6.17 Å². The molecule has 0 radical (unpaired) electrons. The number of thiophene rings is 1. The molecule has 3 heterocycles. The minimum atomic E-state index is -0.288. The van der Waals surface area contributed by atoms with Crippen LogP contribution in [0.4, 0.5) is 0 Å². The molecule has 8 aromatic carbocycles. The number of amidine groups is 2. The van der Waals surface area contributed by atoms with Crippen LogP contribution in [0.15, 0.2) is 204 Å². The molecule has 1 aliphatic heterocycles. The molecule has 0 fully saturated rings. The van der Waals surface area contributed by atoms with Crippen molar-refractivity contribution in [2.75, 3.05) is 7.05 Å². The summed E-state index contributed by atoms with van der Waals surface area (Å²) >= 11 is 1.86. The van der Waals surface area contributed by atoms with Gasteiger partial charge in [0.1, 0.15) is 5.84 Å². The first-order valence-corrected chi connectivity index (χ1v) is 20.1. The zero-order chi connectivity index (χ0) is 37.9. The van der Waals surface area contributed by atoms with Crippen LogP contribution in [0.5, 0.6) is 0 Å². The molecular weight excluding hydrogens is 713 g/mol. The Morgan fingerprint density at radius 2 is 1.04 bits per heavy atom. The monoisotopic (exact) mass is 748 g/mol. The molecule has 4 nitrogen and oxygen atoms in total. The van der Waals surface area contributed by atoms with Gasteiger partial charge in [-0.2, -0.15) is 0 Å². The van der Waals surface area contributed by atoms with E-state index in [2.05, 4.69) is 199 Å². The van der Waals surface area contributed by atoms with Crippen LogP contribution in [0.25, 0.3) is 69.9 Å². The van der Waals surface area contributed by atoms with Gasteiger partial charge in [0.25, 0.3) is 0 Å². The summed E-state index contributed by atoms with van der Waals surface area (Å²) in [5, 5.41) is 5.10. The molecule has 2 aromatic heterocycles. The maximum Gasteiger partial charge on any atom is 0.159 e. The first kappa shape index (κ1) is 33.3. The zero-order valence-corrected chi connectivity index (χ0v) is 32.1. The topological polar surface area (TPSA) is 32.9 Å². The van der Waals surface area contributed by atoms with E-state index >= 15 is 0 Å². The molecule has 0 saturated carbocycles. The number of hydrogen-bond donors (Lipinski definition) is 0. The van der Waals surface area contributed by atoms with E-state index in [9.17, 15) is 0 Å². The molecule has 57 heavy (non-hydrogen) atoms. The quantitative estimate of drug-likeness (QED) is 0.167. The number of fused-ring (bicyclic) bond motifs is 6. The summed E-state index contributed by atoms with van der Waals surface area (Å²) in [6, 6.07) is 69.6. The van der Waals surface area contributed by atoms with Gasteiger partial charge in [-0.15, -0.1) is 11.3 Å². The van der Waals surface area contributed by atoms with Crippen LogP contribution in [0.3, 0.4) is 0 Å². The summed E-state index contributed by atoms with van der Waals surface area (Å²) in [4.78, 5) is 12.7. The summed E-state index contributed by atoms with van der Waals surface area (Å²) in [5.41, 5.74) is 11.4. The van der Waals surface area contributed by atoms with E-state index in [1.54, 1.807) is 0 Å². The van der Waals surface area contributed by atoms with Gasteiger partial charge in [0, 0.05) is 54.8 Å². The summed E-state index contributed by atoms with van der Waals surface area (Å²) in [6.45, 7) is 0. The van der Waals surface area contributed by atoms with E-state index in [1.165, 1.54) is 64.2 Å². The summed E-state index contributed by atoms with van der Waals surface area (Å²) in [5.74, 6) is 1.61. The minimum Gasteiger partial charge on any atom is -0.333 e. The van der Waals surface area contributed by atoms with Gasteiger partial charge in [-0.3, -0.25) is 0 Å². The van der Waals surface area contributed by atoms with Crippen LogP contribution in [0, 0.1) is 0 Å². The number of benzene rings is 8. The SMILES string of the molecule is CN1C(c2ccccc2)=NC(c2ccc(-c3ccccc3)cc2)=NC1c1cccc(-n2c3ccccc3c3cc(-c4ccc5sc6ccccc6c5c4)ccc32)c1. The molecule has 270 valence electrons. The van der Waals surface area contributed by atoms with Crippen LogP contribution in [0.2, 0.25) is 0 Å². The number of aliphatic imine (C=N–C) groups is 2. The molecule has 1 aliphatic rings.